The third-order valence-electron chi connectivity index (χ3n) is 2.82. The van der Waals surface area contributed by atoms with Crippen molar-refractivity contribution in [1.82, 2.24) is 9.80 Å². The van der Waals surface area contributed by atoms with Crippen LogP contribution in [-0.2, 0) is 10.9 Å². The summed E-state index contributed by atoms with van der Waals surface area (Å²) in [7, 11) is 8.35. The Morgan fingerprint density at radius 2 is 1.50 bits per heavy atom. The van der Waals surface area contributed by atoms with Crippen LogP contribution in [0, 0.1) is 6.10 Å². The predicted molar refractivity (Wildman–Crippen MR) is 76.8 cm³/mol. The van der Waals surface area contributed by atoms with Crippen molar-refractivity contribution in [3.8, 4) is 0 Å². The molecule has 1 aliphatic rings. The number of hydrogen-bond donors (Lipinski definition) is 0. The van der Waals surface area contributed by atoms with Crippen LogP contribution in [-0.4, -0.2) is 57.7 Å². The number of alkyl halides is 3. The number of halogens is 3. The van der Waals surface area contributed by atoms with Gasteiger partial charge in [0.05, 0.1) is 0 Å². The summed E-state index contributed by atoms with van der Waals surface area (Å²) < 4.78 is 41.8. The van der Waals surface area contributed by atoms with Gasteiger partial charge in [-0.25, -0.2) is 0 Å². The maximum absolute atomic E-state index is 12.4. The zero-order chi connectivity index (χ0) is 16.0. The van der Waals surface area contributed by atoms with Gasteiger partial charge < -0.3 is 14.5 Å². The molecule has 0 aliphatic carbocycles. The van der Waals surface area contributed by atoms with E-state index in [1.54, 1.807) is 6.07 Å². The van der Waals surface area contributed by atoms with Crippen LogP contribution >= 0.6 is 0 Å². The van der Waals surface area contributed by atoms with E-state index in [1.165, 1.54) is 12.1 Å². The van der Waals surface area contributed by atoms with E-state index in [0.29, 0.717) is 12.7 Å². The molecule has 120 valence electrons. The molecule has 3 nitrogen and oxygen atoms in total. The van der Waals surface area contributed by atoms with Gasteiger partial charge in [0.25, 0.3) is 0 Å². The van der Waals surface area contributed by atoms with E-state index in [4.69, 9.17) is 4.74 Å². The minimum Gasteiger partial charge on any atom is -0.414 e. The largest absolute Gasteiger partial charge is 1.00 e. The van der Waals surface area contributed by atoms with E-state index < -0.39 is 11.7 Å². The summed E-state index contributed by atoms with van der Waals surface area (Å²) in [5.41, 5.74) is -0.461. The van der Waals surface area contributed by atoms with Crippen molar-refractivity contribution < 1.29 is 36.8 Å². The summed E-state index contributed by atoms with van der Waals surface area (Å²) in [5.74, 6) is 0. The Balaban J connectivity index is 0.000000432. The molecule has 0 unspecified atom stereocenters. The molecule has 0 amide bonds. The van der Waals surface area contributed by atoms with Gasteiger partial charge in [-0.1, -0.05) is 6.07 Å². The first kappa shape index (κ1) is 21.4. The quantitative estimate of drug-likeness (QED) is 0.433. The molecule has 0 spiro atoms. The zero-order valence-electron chi connectivity index (χ0n) is 13.9. The summed E-state index contributed by atoms with van der Waals surface area (Å²) in [6, 6.07) is 5.42. The van der Waals surface area contributed by atoms with Crippen molar-refractivity contribution in [3.05, 3.63) is 41.5 Å². The van der Waals surface area contributed by atoms with Gasteiger partial charge in [-0.2, -0.15) is 19.2 Å². The van der Waals surface area contributed by atoms with Crippen LogP contribution in [0.15, 0.2) is 24.3 Å². The monoisotopic (exact) mass is 310 g/mol. The molecule has 0 radical (unpaired) electrons. The van der Waals surface area contributed by atoms with Gasteiger partial charge in [0.15, 0.2) is 0 Å². The van der Waals surface area contributed by atoms with Gasteiger partial charge >= 0.3 is 25.0 Å². The smallest absolute Gasteiger partial charge is 0.414 e. The number of ether oxygens (including phenoxy) is 1. The first-order valence-corrected chi connectivity index (χ1v) is 6.66. The summed E-state index contributed by atoms with van der Waals surface area (Å²) in [6.45, 7) is 2.60. The fraction of sp³-hybridized carbons (Fsp3) is 0.533. The molecule has 0 N–H and O–H groups in total. The molecule has 1 fully saturated rings. The van der Waals surface area contributed by atoms with Crippen LogP contribution in [0.25, 0.3) is 0 Å². The molecule has 22 heavy (non-hydrogen) atoms. The van der Waals surface area contributed by atoms with E-state index in [0.717, 1.165) is 19.2 Å². The van der Waals surface area contributed by atoms with Crippen LogP contribution in [0.2, 0.25) is 0 Å². The fourth-order valence-corrected chi connectivity index (χ4v) is 1.57. The molecule has 0 aromatic heterocycles. The molecule has 0 bridgehead atoms. The van der Waals surface area contributed by atoms with E-state index in [9.17, 15) is 13.2 Å². The average Bonchev–Trinajstić information content (AvgIpc) is 3.20. The van der Waals surface area contributed by atoms with Gasteiger partial charge in [-0.3, -0.25) is 0 Å². The van der Waals surface area contributed by atoms with Gasteiger partial charge in [-0.15, -0.1) is 17.7 Å². The Kier molecular flexibility index (Phi) is 9.21. The van der Waals surface area contributed by atoms with Gasteiger partial charge in [-0.05, 0) is 39.9 Å². The van der Waals surface area contributed by atoms with Crippen molar-refractivity contribution in [2.45, 2.75) is 6.18 Å². The minimum atomic E-state index is -4.30. The molecular weight excluding hydrogens is 288 g/mol. The molecule has 2 rings (SSSR count). The Labute approximate surface area is 142 Å². The van der Waals surface area contributed by atoms with Crippen LogP contribution < -0.4 is 18.9 Å². The average molecular weight is 310 g/mol. The Morgan fingerprint density at radius 3 is 1.86 bits per heavy atom. The zero-order valence-corrected chi connectivity index (χ0v) is 13.9. The number of benzene rings is 1. The first-order chi connectivity index (χ1) is 9.71. The second kappa shape index (κ2) is 9.49. The number of nitrogens with zero attached hydrogens (tertiary/aromatic N) is 2. The Hall–Kier alpha value is -0.643. The summed E-state index contributed by atoms with van der Waals surface area (Å²) in [5, 5.41) is 0. The fourth-order valence-electron chi connectivity index (χ4n) is 1.57. The molecule has 7 heteroatoms. The Bertz CT molecular complexity index is 427. The van der Waals surface area contributed by atoms with Crippen molar-refractivity contribution in [3.63, 3.8) is 0 Å². The van der Waals surface area contributed by atoms with E-state index >= 15 is 0 Å². The molecule has 1 aromatic rings. The number of hydrogen-bond acceptors (Lipinski definition) is 3. The van der Waals surface area contributed by atoms with Crippen molar-refractivity contribution >= 4 is 0 Å². The normalized spacial score (nSPS) is 13.6. The number of rotatable bonds is 4. The number of likely N-dealkylation sites (N-methyl/N-ethyl adjacent to an activating group) is 2. The topological polar surface area (TPSA) is 19.0 Å². The van der Waals surface area contributed by atoms with Gasteiger partial charge in [0, 0.05) is 19.7 Å². The van der Waals surface area contributed by atoms with Crippen molar-refractivity contribution in [2.75, 3.05) is 47.9 Å². The molecule has 1 aliphatic heterocycles. The van der Waals surface area contributed by atoms with E-state index in [1.807, 2.05) is 0 Å². The summed E-state index contributed by atoms with van der Waals surface area (Å²) in [6.07, 6.45) is -3.87. The van der Waals surface area contributed by atoms with E-state index in [2.05, 4.69) is 38.0 Å². The van der Waals surface area contributed by atoms with Crippen LogP contribution in [0.4, 0.5) is 13.2 Å². The maximum Gasteiger partial charge on any atom is 1.00 e. The van der Waals surface area contributed by atoms with Crippen molar-refractivity contribution in [1.29, 1.82) is 0 Å². The molecule has 1 heterocycles. The third kappa shape index (κ3) is 8.11. The first-order valence-electron chi connectivity index (χ1n) is 6.66. The summed E-state index contributed by atoms with van der Waals surface area (Å²) in [4.78, 5) is 4.36. The Morgan fingerprint density at radius 1 is 1.05 bits per heavy atom. The van der Waals surface area contributed by atoms with Crippen LogP contribution in [0.1, 0.15) is 11.1 Å². The van der Waals surface area contributed by atoms with Crippen LogP contribution in [0.5, 0.6) is 0 Å². The third-order valence-corrected chi connectivity index (χ3v) is 2.82. The maximum atomic E-state index is 12.4. The molecule has 1 aromatic carbocycles. The van der Waals surface area contributed by atoms with Crippen LogP contribution in [0.3, 0.4) is 0 Å². The van der Waals surface area contributed by atoms with Gasteiger partial charge in [0.2, 0.25) is 0 Å². The molecule has 0 atom stereocenters. The van der Waals surface area contributed by atoms with Crippen molar-refractivity contribution in [2.24, 2.45) is 0 Å². The second-order valence-electron chi connectivity index (χ2n) is 5.36. The predicted octanol–water partition coefficient (Wildman–Crippen LogP) is -0.271. The van der Waals surface area contributed by atoms with E-state index in [-0.39, 0.29) is 24.4 Å². The standard InChI is InChI=1S/C9H6F3O.C6H16N2.Li/c10-9(11,12)7-4-2-1-3-6(7)8-5-13-8;1-7(2)5-6-8(3)4;/h1-4H,5H2;5-6H2,1-4H3;/q-1;;+1. The van der Waals surface area contributed by atoms with Gasteiger partial charge in [0.1, 0.15) is 0 Å². The molecule has 0 saturated carbocycles. The molecular formula is C15H22F3LiN2O. The second-order valence-corrected chi connectivity index (χ2v) is 5.36. The minimum absolute atomic E-state index is 0. The molecule has 1 saturated heterocycles. The summed E-state index contributed by atoms with van der Waals surface area (Å²) >= 11 is 0. The SMILES string of the molecule is CN(C)CCN(C)C.FC(F)(F)c1ccccc1[C-]1CO1.[Li+]. The number of epoxide rings is 1.